The second-order valence-corrected chi connectivity index (χ2v) is 28.8. The summed E-state index contributed by atoms with van der Waals surface area (Å²) in [5, 5.41) is 4.99. The van der Waals surface area contributed by atoms with Gasteiger partial charge in [0.25, 0.3) is 6.71 Å². The molecule has 0 spiro atoms. The van der Waals surface area contributed by atoms with Gasteiger partial charge in [0.15, 0.2) is 0 Å². The van der Waals surface area contributed by atoms with E-state index in [0.717, 1.165) is 43.3 Å². The van der Waals surface area contributed by atoms with Gasteiger partial charge in [-0.1, -0.05) is 135 Å². The predicted octanol–water partition coefficient (Wildman–Crippen LogP) is 18.1. The van der Waals surface area contributed by atoms with Crippen LogP contribution in [-0.2, 0) is 27.1 Å². The highest BCUT2D eigenvalue weighted by Gasteiger charge is 2.59. The van der Waals surface area contributed by atoms with E-state index in [1.807, 2.05) is 11.3 Å². The molecule has 6 bridgehead atoms. The molecule has 0 amide bonds. The summed E-state index contributed by atoms with van der Waals surface area (Å²) in [4.78, 5) is 8.44. The van der Waals surface area contributed by atoms with Crippen LogP contribution in [0.1, 0.15) is 153 Å². The summed E-state index contributed by atoms with van der Waals surface area (Å²) < 4.78 is 9.65. The number of rotatable bonds is 1. The van der Waals surface area contributed by atoms with Crippen molar-refractivity contribution in [3.8, 4) is 0 Å². The molecule has 6 heterocycles. The molecule has 8 aromatic carbocycles. The monoisotopic (exact) mass is 1030 g/mol. The van der Waals surface area contributed by atoms with Gasteiger partial charge in [0.2, 0.25) is 0 Å². The number of hydrogen-bond acceptors (Lipinski definition) is 5. The van der Waals surface area contributed by atoms with Crippen molar-refractivity contribution in [3.05, 3.63) is 172 Å². The van der Waals surface area contributed by atoms with Crippen molar-refractivity contribution in [1.82, 2.24) is 0 Å². The molecule has 0 N–H and O–H groups in total. The minimum absolute atomic E-state index is 0.000559. The van der Waals surface area contributed by atoms with E-state index < -0.39 is 0 Å². The van der Waals surface area contributed by atoms with Crippen LogP contribution < -0.4 is 31.1 Å². The molecular formula is C72H68BN3OS. The van der Waals surface area contributed by atoms with Gasteiger partial charge >= 0.3 is 0 Å². The van der Waals surface area contributed by atoms with Crippen LogP contribution in [0.25, 0.3) is 42.1 Å². The van der Waals surface area contributed by atoms with Crippen molar-refractivity contribution >= 4 is 122 Å². The summed E-state index contributed by atoms with van der Waals surface area (Å²) in [6.07, 6.45) is 9.32. The average molecular weight is 1030 g/mol. The van der Waals surface area contributed by atoms with E-state index in [9.17, 15) is 0 Å². The molecule has 3 unspecified atom stereocenters. The number of benzene rings is 8. The molecule has 17 rings (SSSR count). The van der Waals surface area contributed by atoms with Gasteiger partial charge in [-0.25, -0.2) is 0 Å². The molecule has 4 aliphatic heterocycles. The first-order valence-electron chi connectivity index (χ1n) is 29.3. The van der Waals surface area contributed by atoms with Crippen LogP contribution >= 0.6 is 11.3 Å². The summed E-state index contributed by atoms with van der Waals surface area (Å²) in [6.45, 7) is 25.2. The van der Waals surface area contributed by atoms with Gasteiger partial charge in [-0.05, 0) is 191 Å². The molecule has 3 aliphatic carbocycles. The third-order valence-corrected chi connectivity index (χ3v) is 23.4. The van der Waals surface area contributed by atoms with E-state index in [0.29, 0.717) is 0 Å². The lowest BCUT2D eigenvalue weighted by Gasteiger charge is -2.51. The minimum atomic E-state index is -0.195. The lowest BCUT2D eigenvalue weighted by molar-refractivity contribution is 0.195. The fourth-order valence-corrected chi connectivity index (χ4v) is 18.6. The number of hydrogen-bond donors (Lipinski definition) is 0. The van der Waals surface area contributed by atoms with Crippen LogP contribution in [0.2, 0.25) is 0 Å². The van der Waals surface area contributed by atoms with E-state index >= 15 is 0 Å². The van der Waals surface area contributed by atoms with Gasteiger partial charge < -0.3 is 19.1 Å². The van der Waals surface area contributed by atoms with Crippen LogP contribution in [0.3, 0.4) is 0 Å². The molecule has 10 aromatic rings. The molecule has 0 saturated heterocycles. The molecule has 1 saturated carbocycles. The average Bonchev–Trinajstić information content (AvgIpc) is 3.33. The first-order chi connectivity index (χ1) is 37.4. The van der Waals surface area contributed by atoms with Crippen molar-refractivity contribution < 1.29 is 4.42 Å². The highest BCUT2D eigenvalue weighted by atomic mass is 32.1. The predicted molar refractivity (Wildman–Crippen MR) is 332 cm³/mol. The third kappa shape index (κ3) is 5.59. The molecule has 1 fully saturated rings. The maximum atomic E-state index is 7.00. The van der Waals surface area contributed by atoms with Crippen LogP contribution in [0.15, 0.2) is 138 Å². The van der Waals surface area contributed by atoms with E-state index in [1.54, 1.807) is 0 Å². The first-order valence-corrected chi connectivity index (χ1v) is 30.1. The van der Waals surface area contributed by atoms with E-state index in [2.05, 4.69) is 217 Å². The van der Waals surface area contributed by atoms with Gasteiger partial charge in [0, 0.05) is 81.6 Å². The quantitative estimate of drug-likeness (QED) is 0.153. The lowest BCUT2D eigenvalue weighted by Crippen LogP contribution is -2.62. The second kappa shape index (κ2) is 14.7. The van der Waals surface area contributed by atoms with Crippen molar-refractivity contribution in [2.24, 2.45) is 0 Å². The Morgan fingerprint density at radius 3 is 1.90 bits per heavy atom. The zero-order valence-corrected chi connectivity index (χ0v) is 47.9. The Morgan fingerprint density at radius 1 is 0.462 bits per heavy atom. The van der Waals surface area contributed by atoms with Crippen LogP contribution in [0.4, 0.5) is 45.5 Å². The summed E-state index contributed by atoms with van der Waals surface area (Å²) in [5.74, 6) is 0. The molecule has 2 aromatic heterocycles. The van der Waals surface area contributed by atoms with Crippen molar-refractivity contribution in [2.45, 2.75) is 153 Å². The number of fused-ring (bicyclic) bond motifs is 21. The Morgan fingerprint density at radius 2 is 1.10 bits per heavy atom. The highest BCUT2D eigenvalue weighted by Crippen LogP contribution is 2.64. The topological polar surface area (TPSA) is 22.9 Å². The molecule has 6 heteroatoms. The smallest absolute Gasteiger partial charge is 0.252 e. The lowest BCUT2D eigenvalue weighted by atomic mass is 9.33. The van der Waals surface area contributed by atoms with Crippen molar-refractivity contribution in [2.75, 3.05) is 14.7 Å². The minimum Gasteiger partial charge on any atom is -0.456 e. The maximum Gasteiger partial charge on any atom is 0.252 e. The zero-order chi connectivity index (χ0) is 52.9. The molecule has 78 heavy (non-hydrogen) atoms. The van der Waals surface area contributed by atoms with Crippen LogP contribution in [0.5, 0.6) is 0 Å². The van der Waals surface area contributed by atoms with Crippen LogP contribution in [0, 0.1) is 6.92 Å². The van der Waals surface area contributed by atoms with E-state index in [1.165, 1.54) is 151 Å². The van der Waals surface area contributed by atoms with E-state index in [4.69, 9.17) is 4.42 Å². The Hall–Kier alpha value is -6.76. The van der Waals surface area contributed by atoms with Gasteiger partial charge in [0.1, 0.15) is 11.2 Å². The van der Waals surface area contributed by atoms with Gasteiger partial charge in [-0.15, -0.1) is 11.3 Å². The number of aryl methyl sites for hydroxylation is 1. The first kappa shape index (κ1) is 46.2. The number of nitrogens with zero attached hydrogens (tertiary/aromatic N) is 3. The fourth-order valence-electron chi connectivity index (χ4n) is 17.4. The molecule has 7 aliphatic rings. The van der Waals surface area contributed by atoms with Crippen molar-refractivity contribution in [3.63, 3.8) is 0 Å². The summed E-state index contributed by atoms with van der Waals surface area (Å²) >= 11 is 1.92. The number of furan rings is 1. The zero-order valence-electron chi connectivity index (χ0n) is 47.1. The summed E-state index contributed by atoms with van der Waals surface area (Å²) in [6, 6.07) is 53.8. The van der Waals surface area contributed by atoms with Gasteiger partial charge in [-0.3, -0.25) is 0 Å². The SMILES string of the molecule is Cc1cc2c3cc1N1c4cc5c(cc4B4c6cc7c(cc6N(c6cccc8sc9ccccc9c68)c6cc(cc1c64)N1c4cc(ccc4C4(C)CCCCC14C)C3(C)CCC2(C)C)C(C)(C)CCC7(C)C)oc1ccccc15. The third-order valence-electron chi connectivity index (χ3n) is 22.3. The van der Waals surface area contributed by atoms with E-state index in [-0.39, 0.29) is 39.3 Å². The normalized spacial score (nSPS) is 24.2. The van der Waals surface area contributed by atoms with Gasteiger partial charge in [0.05, 0.1) is 11.2 Å². The Bertz CT molecular complexity index is 4380. The molecule has 3 atom stereocenters. The van der Waals surface area contributed by atoms with Crippen molar-refractivity contribution in [1.29, 1.82) is 0 Å². The number of thiophene rings is 1. The largest absolute Gasteiger partial charge is 0.456 e. The number of anilines is 8. The van der Waals surface area contributed by atoms with Gasteiger partial charge in [-0.2, -0.15) is 0 Å². The van der Waals surface area contributed by atoms with Crippen LogP contribution in [-0.4, -0.2) is 12.3 Å². The Kier molecular flexibility index (Phi) is 8.72. The molecular weight excluding hydrogens is 966 g/mol. The Labute approximate surface area is 464 Å². The number of para-hydroxylation sites is 1. The molecule has 386 valence electrons. The molecule has 0 radical (unpaired) electrons. The molecule has 4 nitrogen and oxygen atoms in total. The maximum absolute atomic E-state index is 7.00. The fraction of sp³-hybridized carbons (Fsp3) is 0.333. The Balaban J connectivity index is 1.09. The standard InChI is InChI=1S/C72H68BN3OS/c1-41-32-48-51-39-55(41)75-57-36-46-44-18-11-13-21-61(44)77-62(46)40-53(57)73-52-37-49-50(68(4,5)29-28-67(49,2)3)38-58(52)74(54-20-17-23-64-65(54)45-19-12-14-22-63(45)78-64)59-34-43(35-60(75)66(59)73)76-56-33-42(70(51,8)31-30-69(48,6)7)24-25-47(56)71(9)26-15-16-27-72(71,76)10/h11-14,17-25,32-40H,15-16,26-31H2,1-10H3. The summed E-state index contributed by atoms with van der Waals surface area (Å²) in [7, 11) is 0. The highest BCUT2D eigenvalue weighted by molar-refractivity contribution is 7.26. The summed E-state index contributed by atoms with van der Waals surface area (Å²) in [5.41, 5.74) is 26.2. The second-order valence-electron chi connectivity index (χ2n) is 27.8.